The first-order chi connectivity index (χ1) is 10.2. The van der Waals surface area contributed by atoms with Gasteiger partial charge in [-0.3, -0.25) is 4.57 Å². The van der Waals surface area contributed by atoms with Crippen LogP contribution in [0.25, 0.3) is 6.08 Å². The zero-order valence-corrected chi connectivity index (χ0v) is 13.7. The average Bonchev–Trinajstić information content (AvgIpc) is 2.46. The molecule has 22 heavy (non-hydrogen) atoms. The van der Waals surface area contributed by atoms with Crippen molar-refractivity contribution in [2.75, 3.05) is 13.2 Å². The quantitative estimate of drug-likeness (QED) is 0.720. The third-order valence-corrected chi connectivity index (χ3v) is 5.29. The van der Waals surface area contributed by atoms with E-state index in [9.17, 15) is 18.5 Å². The minimum absolute atomic E-state index is 0.217. The fourth-order valence-electron chi connectivity index (χ4n) is 1.74. The van der Waals surface area contributed by atoms with Crippen molar-refractivity contribution >= 4 is 13.7 Å². The first kappa shape index (κ1) is 19.0. The lowest BCUT2D eigenvalue weighted by molar-refractivity contribution is -0.102. The maximum absolute atomic E-state index is 14.5. The second kappa shape index (κ2) is 7.47. The van der Waals surface area contributed by atoms with Crippen LogP contribution in [-0.4, -0.2) is 29.6 Å². The van der Waals surface area contributed by atoms with Crippen LogP contribution in [0.1, 0.15) is 26.3 Å². The van der Waals surface area contributed by atoms with Gasteiger partial charge in [-0.25, -0.2) is 0 Å². The Hall–Kier alpha value is -1.07. The Bertz CT molecular complexity index is 534. The molecule has 1 rings (SSSR count). The predicted octanol–water partition coefficient (Wildman–Crippen LogP) is 4.31. The van der Waals surface area contributed by atoms with Gasteiger partial charge in [0, 0.05) is 0 Å². The molecule has 0 aliphatic rings. The van der Waals surface area contributed by atoms with E-state index in [1.165, 1.54) is 19.9 Å². The molecule has 0 fully saturated rings. The number of rotatable bonds is 8. The maximum atomic E-state index is 14.5. The van der Waals surface area contributed by atoms with Gasteiger partial charge in [0.05, 0.1) is 13.2 Å². The largest absolute Gasteiger partial charge is 0.403 e. The summed E-state index contributed by atoms with van der Waals surface area (Å²) in [5.41, 5.74) is -6.15. The topological polar surface area (TPSA) is 55.8 Å². The molecule has 0 saturated carbocycles. The van der Waals surface area contributed by atoms with Crippen molar-refractivity contribution in [3.63, 3.8) is 0 Å². The Morgan fingerprint density at radius 1 is 1.18 bits per heavy atom. The zero-order chi connectivity index (χ0) is 16.9. The summed E-state index contributed by atoms with van der Waals surface area (Å²) >= 11 is 0. The van der Waals surface area contributed by atoms with Crippen LogP contribution in [0.15, 0.2) is 36.4 Å². The van der Waals surface area contributed by atoms with Gasteiger partial charge in [0.25, 0.3) is 0 Å². The SMILES string of the molecule is CCOP(=O)(OCC)C(F)(F)C(C)(O)/C=C/c1ccccc1. The Labute approximate surface area is 129 Å². The summed E-state index contributed by atoms with van der Waals surface area (Å²) in [5, 5.41) is 10.1. The number of benzene rings is 1. The molecular formula is C15H21F2O4P. The first-order valence-corrected chi connectivity index (χ1v) is 8.48. The van der Waals surface area contributed by atoms with Crippen LogP contribution in [0.5, 0.6) is 0 Å². The third-order valence-electron chi connectivity index (χ3n) is 2.95. The normalized spacial score (nSPS) is 15.9. The molecule has 4 nitrogen and oxygen atoms in total. The Balaban J connectivity index is 3.11. The fraction of sp³-hybridized carbons (Fsp3) is 0.467. The van der Waals surface area contributed by atoms with E-state index in [0.717, 1.165) is 13.0 Å². The summed E-state index contributed by atoms with van der Waals surface area (Å²) in [6, 6.07) is 8.63. The molecular weight excluding hydrogens is 313 g/mol. The van der Waals surface area contributed by atoms with Crippen LogP contribution in [0.2, 0.25) is 0 Å². The molecule has 7 heteroatoms. The summed E-state index contributed by atoms with van der Waals surface area (Å²) in [6.07, 6.45) is 2.23. The van der Waals surface area contributed by atoms with Crippen molar-refractivity contribution in [2.45, 2.75) is 32.0 Å². The van der Waals surface area contributed by atoms with Crippen molar-refractivity contribution in [3.05, 3.63) is 42.0 Å². The summed E-state index contributed by atoms with van der Waals surface area (Å²) in [5.74, 6) is 0. The summed E-state index contributed by atoms with van der Waals surface area (Å²) in [7, 11) is -4.80. The van der Waals surface area contributed by atoms with Gasteiger partial charge < -0.3 is 14.2 Å². The highest BCUT2D eigenvalue weighted by molar-refractivity contribution is 7.55. The number of hydrogen-bond donors (Lipinski definition) is 1. The van der Waals surface area contributed by atoms with E-state index in [0.29, 0.717) is 5.56 Å². The molecule has 0 radical (unpaired) electrons. The van der Waals surface area contributed by atoms with Crippen LogP contribution >= 0.6 is 7.60 Å². The van der Waals surface area contributed by atoms with E-state index in [4.69, 9.17) is 0 Å². The molecule has 0 aromatic heterocycles. The van der Waals surface area contributed by atoms with Gasteiger partial charge in [0.1, 0.15) is 0 Å². The summed E-state index contributed by atoms with van der Waals surface area (Å²) < 4.78 is 50.7. The van der Waals surface area contributed by atoms with E-state index < -0.39 is 18.9 Å². The highest BCUT2D eigenvalue weighted by Gasteiger charge is 2.64. The van der Waals surface area contributed by atoms with E-state index in [-0.39, 0.29) is 13.2 Å². The standard InChI is InChI=1S/C15H21F2O4P/c1-4-20-22(19,21-5-2)15(16,17)14(3,18)12-11-13-9-7-6-8-10-13/h6-12,18H,4-5H2,1-3H3/b12-11+. The molecule has 1 N–H and O–H groups in total. The number of aliphatic hydroxyl groups is 1. The molecule has 0 saturated heterocycles. The van der Waals surface area contributed by atoms with E-state index in [1.54, 1.807) is 30.3 Å². The molecule has 1 unspecified atom stereocenters. The smallest absolute Gasteiger partial charge is 0.379 e. The lowest BCUT2D eigenvalue weighted by atomic mass is 10.1. The third kappa shape index (κ3) is 4.02. The molecule has 1 atom stereocenters. The Morgan fingerprint density at radius 3 is 2.14 bits per heavy atom. The molecule has 0 spiro atoms. The van der Waals surface area contributed by atoms with Crippen LogP contribution < -0.4 is 0 Å². The molecule has 0 aliphatic carbocycles. The number of hydrogen-bond acceptors (Lipinski definition) is 4. The van der Waals surface area contributed by atoms with Gasteiger partial charge >= 0.3 is 13.3 Å². The molecule has 0 aliphatic heterocycles. The predicted molar refractivity (Wildman–Crippen MR) is 81.9 cm³/mol. The highest BCUT2D eigenvalue weighted by atomic mass is 31.2. The van der Waals surface area contributed by atoms with Crippen LogP contribution in [0, 0.1) is 0 Å². The summed E-state index contributed by atoms with van der Waals surface area (Å²) in [6.45, 7) is 3.29. The van der Waals surface area contributed by atoms with Gasteiger partial charge in [-0.2, -0.15) is 8.78 Å². The molecule has 0 heterocycles. The van der Waals surface area contributed by atoms with Gasteiger partial charge in [-0.1, -0.05) is 36.4 Å². The van der Waals surface area contributed by atoms with Crippen molar-refractivity contribution in [1.82, 2.24) is 0 Å². The van der Waals surface area contributed by atoms with Crippen molar-refractivity contribution in [1.29, 1.82) is 0 Å². The van der Waals surface area contributed by atoms with Crippen molar-refractivity contribution < 1.29 is 27.5 Å². The van der Waals surface area contributed by atoms with Gasteiger partial charge in [-0.15, -0.1) is 0 Å². The van der Waals surface area contributed by atoms with Crippen LogP contribution in [-0.2, 0) is 13.6 Å². The van der Waals surface area contributed by atoms with Gasteiger partial charge in [0.2, 0.25) is 0 Å². The average molecular weight is 334 g/mol. The molecule has 0 bridgehead atoms. The minimum Gasteiger partial charge on any atom is -0.379 e. The molecule has 0 amide bonds. The molecule has 1 aromatic rings. The van der Waals surface area contributed by atoms with Gasteiger partial charge in [-0.05, 0) is 32.4 Å². The van der Waals surface area contributed by atoms with Crippen molar-refractivity contribution in [2.24, 2.45) is 0 Å². The van der Waals surface area contributed by atoms with Crippen molar-refractivity contribution in [3.8, 4) is 0 Å². The molecule has 1 aromatic carbocycles. The Morgan fingerprint density at radius 2 is 1.68 bits per heavy atom. The zero-order valence-electron chi connectivity index (χ0n) is 12.8. The van der Waals surface area contributed by atoms with E-state index in [2.05, 4.69) is 9.05 Å². The van der Waals surface area contributed by atoms with Crippen LogP contribution in [0.3, 0.4) is 0 Å². The second-order valence-electron chi connectivity index (χ2n) is 4.77. The lowest BCUT2D eigenvalue weighted by Crippen LogP contribution is -2.44. The number of halogens is 2. The second-order valence-corrected chi connectivity index (χ2v) is 6.84. The first-order valence-electron chi connectivity index (χ1n) is 6.94. The fourth-order valence-corrected chi connectivity index (χ4v) is 3.45. The minimum atomic E-state index is -4.80. The number of alkyl halides is 2. The Kier molecular flexibility index (Phi) is 6.44. The highest BCUT2D eigenvalue weighted by Crippen LogP contribution is 2.65. The maximum Gasteiger partial charge on any atom is 0.403 e. The van der Waals surface area contributed by atoms with Gasteiger partial charge in [0.15, 0.2) is 5.60 Å². The summed E-state index contributed by atoms with van der Waals surface area (Å²) in [4.78, 5) is 0. The lowest BCUT2D eigenvalue weighted by Gasteiger charge is -2.34. The molecule has 124 valence electrons. The van der Waals surface area contributed by atoms with E-state index >= 15 is 0 Å². The van der Waals surface area contributed by atoms with E-state index in [1.807, 2.05) is 0 Å². The monoisotopic (exact) mass is 334 g/mol. The van der Waals surface area contributed by atoms with Crippen LogP contribution in [0.4, 0.5) is 8.78 Å².